The van der Waals surface area contributed by atoms with Crippen LogP contribution in [-0.4, -0.2) is 46.6 Å². The molecule has 0 aliphatic heterocycles. The molecule has 22 heavy (non-hydrogen) atoms. The first kappa shape index (κ1) is 21.8. The highest BCUT2D eigenvalue weighted by molar-refractivity contribution is 7.81. The number of ether oxygens (including phenoxy) is 1. The molecule has 0 aromatic heterocycles. The van der Waals surface area contributed by atoms with Gasteiger partial charge in [-0.3, -0.25) is 4.18 Å². The molecule has 6 nitrogen and oxygen atoms in total. The van der Waals surface area contributed by atoms with Crippen molar-refractivity contribution in [1.29, 1.82) is 0 Å². The largest absolute Gasteiger partial charge is 0.399 e. The fourth-order valence-corrected chi connectivity index (χ4v) is 2.48. The van der Waals surface area contributed by atoms with Crippen LogP contribution in [0.5, 0.6) is 0 Å². The molecule has 0 rings (SSSR count). The highest BCUT2D eigenvalue weighted by Crippen LogP contribution is 2.11. The fraction of sp³-hybridized carbons (Fsp3) is 1.00. The Hall–Kier alpha value is -0.210. The molecular formula is C15H32O6S. The lowest BCUT2D eigenvalue weighted by atomic mass is 10.0. The van der Waals surface area contributed by atoms with Gasteiger partial charge >= 0.3 is 10.4 Å². The van der Waals surface area contributed by atoms with Crippen LogP contribution in [0.4, 0.5) is 0 Å². The zero-order valence-electron chi connectivity index (χ0n) is 14.0. The molecule has 0 saturated heterocycles. The summed E-state index contributed by atoms with van der Waals surface area (Å²) in [5.41, 5.74) is 0. The molecule has 1 N–H and O–H groups in total. The Balaban J connectivity index is 3.18. The number of rotatable bonds is 16. The van der Waals surface area contributed by atoms with Crippen LogP contribution >= 0.6 is 0 Å². The minimum Gasteiger partial charge on any atom is -0.393 e. The van der Waals surface area contributed by atoms with Crippen LogP contribution in [0.25, 0.3) is 0 Å². The van der Waals surface area contributed by atoms with E-state index in [2.05, 4.69) is 15.3 Å². The van der Waals surface area contributed by atoms with Gasteiger partial charge in [-0.05, 0) is 19.3 Å². The van der Waals surface area contributed by atoms with E-state index in [1.165, 1.54) is 19.3 Å². The zero-order chi connectivity index (χ0) is 16.7. The van der Waals surface area contributed by atoms with E-state index in [9.17, 15) is 13.5 Å². The number of hydrogen-bond donors (Lipinski definition) is 1. The Bertz CT molecular complexity index is 331. The molecule has 0 aromatic rings. The average Bonchev–Trinajstić information content (AvgIpc) is 2.48. The minimum atomic E-state index is -3.84. The van der Waals surface area contributed by atoms with E-state index < -0.39 is 10.4 Å². The number of aliphatic hydroxyl groups excluding tert-OH is 1. The Labute approximate surface area is 135 Å². The standard InChI is InChI=1S/C15H32O6S/c1-3-10-15(16)11-8-6-4-5-7-9-12-20-13-14-21-22(17,18)19-2/h15-16H,3-14H2,1-2H3. The van der Waals surface area contributed by atoms with Crippen LogP contribution in [0.15, 0.2) is 0 Å². The molecule has 1 unspecified atom stereocenters. The van der Waals surface area contributed by atoms with Gasteiger partial charge < -0.3 is 9.84 Å². The first-order valence-corrected chi connectivity index (χ1v) is 9.56. The van der Waals surface area contributed by atoms with Gasteiger partial charge in [0.1, 0.15) is 0 Å². The van der Waals surface area contributed by atoms with Gasteiger partial charge in [-0.15, -0.1) is 0 Å². The Morgan fingerprint density at radius 2 is 1.55 bits per heavy atom. The predicted octanol–water partition coefficient (Wildman–Crippen LogP) is 2.80. The molecule has 0 aliphatic rings. The Kier molecular flexibility index (Phi) is 14.2. The van der Waals surface area contributed by atoms with Crippen LogP contribution in [0.3, 0.4) is 0 Å². The third kappa shape index (κ3) is 14.7. The maximum Gasteiger partial charge on any atom is 0.399 e. The summed E-state index contributed by atoms with van der Waals surface area (Å²) in [6, 6.07) is 0. The van der Waals surface area contributed by atoms with Gasteiger partial charge in [0.15, 0.2) is 0 Å². The lowest BCUT2D eigenvalue weighted by Crippen LogP contribution is -2.12. The maximum absolute atomic E-state index is 10.8. The summed E-state index contributed by atoms with van der Waals surface area (Å²) in [7, 11) is -2.78. The van der Waals surface area contributed by atoms with E-state index in [1.807, 2.05) is 0 Å². The Morgan fingerprint density at radius 3 is 2.18 bits per heavy atom. The molecule has 134 valence electrons. The second kappa shape index (κ2) is 14.4. The topological polar surface area (TPSA) is 82.1 Å². The van der Waals surface area contributed by atoms with Crippen LogP contribution in [-0.2, 0) is 23.5 Å². The smallest absolute Gasteiger partial charge is 0.393 e. The molecule has 0 fully saturated rings. The third-order valence-electron chi connectivity index (χ3n) is 3.36. The lowest BCUT2D eigenvalue weighted by molar-refractivity contribution is 0.0928. The first-order chi connectivity index (χ1) is 10.5. The van der Waals surface area contributed by atoms with Crippen molar-refractivity contribution >= 4 is 10.4 Å². The Morgan fingerprint density at radius 1 is 0.909 bits per heavy atom. The third-order valence-corrected chi connectivity index (χ3v) is 4.22. The first-order valence-electron chi connectivity index (χ1n) is 8.22. The molecule has 0 amide bonds. The predicted molar refractivity (Wildman–Crippen MR) is 85.9 cm³/mol. The summed E-state index contributed by atoms with van der Waals surface area (Å²) in [5, 5.41) is 9.59. The maximum atomic E-state index is 10.8. The highest BCUT2D eigenvalue weighted by atomic mass is 32.3. The van der Waals surface area contributed by atoms with Crippen molar-refractivity contribution in [1.82, 2.24) is 0 Å². The van der Waals surface area contributed by atoms with Gasteiger partial charge in [-0.2, -0.15) is 8.42 Å². The number of unbranched alkanes of at least 4 members (excludes halogenated alkanes) is 5. The van der Waals surface area contributed by atoms with Crippen LogP contribution in [0.1, 0.15) is 64.7 Å². The van der Waals surface area contributed by atoms with Gasteiger partial charge in [0, 0.05) is 6.61 Å². The van der Waals surface area contributed by atoms with Crippen molar-refractivity contribution in [3.05, 3.63) is 0 Å². The van der Waals surface area contributed by atoms with E-state index in [0.717, 1.165) is 45.6 Å². The van der Waals surface area contributed by atoms with Crippen molar-refractivity contribution in [3.8, 4) is 0 Å². The van der Waals surface area contributed by atoms with Gasteiger partial charge in [0.2, 0.25) is 0 Å². The summed E-state index contributed by atoms with van der Waals surface area (Å²) >= 11 is 0. The fourth-order valence-electron chi connectivity index (χ4n) is 2.11. The van der Waals surface area contributed by atoms with Crippen molar-refractivity contribution in [2.75, 3.05) is 26.9 Å². The molecule has 7 heteroatoms. The van der Waals surface area contributed by atoms with Crippen LogP contribution < -0.4 is 0 Å². The van der Waals surface area contributed by atoms with Crippen LogP contribution in [0.2, 0.25) is 0 Å². The van der Waals surface area contributed by atoms with E-state index in [1.54, 1.807) is 0 Å². The molecule has 0 heterocycles. The van der Waals surface area contributed by atoms with E-state index in [-0.39, 0.29) is 19.3 Å². The molecule has 0 aliphatic carbocycles. The summed E-state index contributed by atoms with van der Waals surface area (Å²) < 4.78 is 35.6. The van der Waals surface area contributed by atoms with Gasteiger partial charge in [0.25, 0.3) is 0 Å². The van der Waals surface area contributed by atoms with Gasteiger partial charge in [-0.25, -0.2) is 4.18 Å². The average molecular weight is 340 g/mol. The number of aliphatic hydroxyl groups is 1. The molecule has 1 atom stereocenters. The lowest BCUT2D eigenvalue weighted by Gasteiger charge is -2.08. The second-order valence-corrected chi connectivity index (χ2v) is 6.75. The quantitative estimate of drug-likeness (QED) is 0.435. The van der Waals surface area contributed by atoms with E-state index >= 15 is 0 Å². The SMILES string of the molecule is CCCC(O)CCCCCCCCOCCOS(=O)(=O)OC. The van der Waals surface area contributed by atoms with Crippen molar-refractivity contribution < 1.29 is 26.6 Å². The minimum absolute atomic E-state index is 0.0176. The monoisotopic (exact) mass is 340 g/mol. The second-order valence-electron chi connectivity index (χ2n) is 5.36. The summed E-state index contributed by atoms with van der Waals surface area (Å²) in [6.45, 7) is 2.94. The van der Waals surface area contributed by atoms with E-state index in [4.69, 9.17) is 4.74 Å². The van der Waals surface area contributed by atoms with E-state index in [0.29, 0.717) is 6.61 Å². The molecule has 0 spiro atoms. The highest BCUT2D eigenvalue weighted by Gasteiger charge is 2.07. The molecule has 0 saturated carbocycles. The normalized spacial score (nSPS) is 13.4. The van der Waals surface area contributed by atoms with Crippen LogP contribution in [0, 0.1) is 0 Å². The molecule has 0 aromatic carbocycles. The van der Waals surface area contributed by atoms with Gasteiger partial charge in [-0.1, -0.05) is 45.4 Å². The van der Waals surface area contributed by atoms with Crippen molar-refractivity contribution in [3.63, 3.8) is 0 Å². The zero-order valence-corrected chi connectivity index (χ0v) is 14.8. The summed E-state index contributed by atoms with van der Waals surface area (Å²) in [4.78, 5) is 0. The molecule has 0 bridgehead atoms. The molecular weight excluding hydrogens is 308 g/mol. The summed E-state index contributed by atoms with van der Waals surface area (Å²) in [6.07, 6.45) is 9.45. The summed E-state index contributed by atoms with van der Waals surface area (Å²) in [5.74, 6) is 0. The van der Waals surface area contributed by atoms with Crippen molar-refractivity contribution in [2.24, 2.45) is 0 Å². The molecule has 0 radical (unpaired) electrons. The van der Waals surface area contributed by atoms with Gasteiger partial charge in [0.05, 0.1) is 26.4 Å². The number of hydrogen-bond acceptors (Lipinski definition) is 6. The van der Waals surface area contributed by atoms with Crippen molar-refractivity contribution in [2.45, 2.75) is 70.8 Å².